The number of carboxylic acids is 1. The van der Waals surface area contributed by atoms with E-state index in [4.69, 9.17) is 9.84 Å². The Morgan fingerprint density at radius 2 is 1.95 bits per heavy atom. The monoisotopic (exact) mass is 285 g/mol. The van der Waals surface area contributed by atoms with E-state index in [-0.39, 0.29) is 5.56 Å². The quantitative estimate of drug-likeness (QED) is 0.917. The zero-order valence-corrected chi connectivity index (χ0v) is 12.5. The van der Waals surface area contributed by atoms with Crippen molar-refractivity contribution in [3.63, 3.8) is 0 Å². The summed E-state index contributed by atoms with van der Waals surface area (Å²) in [5.74, 6) is -0.273. The Kier molecular flexibility index (Phi) is 4.60. The SMILES string of the molecule is COc1ccc(C(=O)O)cc1-c1cccc(CN(C)C)c1. The fourth-order valence-electron chi connectivity index (χ4n) is 2.27. The second kappa shape index (κ2) is 6.41. The Balaban J connectivity index is 2.49. The van der Waals surface area contributed by atoms with Crippen LogP contribution >= 0.6 is 0 Å². The third-order valence-electron chi connectivity index (χ3n) is 3.18. The van der Waals surface area contributed by atoms with Crippen LogP contribution in [0.1, 0.15) is 15.9 Å². The highest BCUT2D eigenvalue weighted by molar-refractivity contribution is 5.90. The molecule has 2 aromatic rings. The van der Waals surface area contributed by atoms with Crippen LogP contribution in [0, 0.1) is 0 Å². The van der Waals surface area contributed by atoms with E-state index in [1.54, 1.807) is 25.3 Å². The molecule has 1 N–H and O–H groups in total. The van der Waals surface area contributed by atoms with Gasteiger partial charge >= 0.3 is 5.97 Å². The van der Waals surface area contributed by atoms with Gasteiger partial charge in [-0.3, -0.25) is 0 Å². The molecule has 0 heterocycles. The van der Waals surface area contributed by atoms with Gasteiger partial charge in [0.25, 0.3) is 0 Å². The van der Waals surface area contributed by atoms with Gasteiger partial charge in [-0.2, -0.15) is 0 Å². The lowest BCUT2D eigenvalue weighted by Crippen LogP contribution is -2.10. The highest BCUT2D eigenvalue weighted by atomic mass is 16.5. The molecule has 0 aliphatic heterocycles. The van der Waals surface area contributed by atoms with Crippen molar-refractivity contribution >= 4 is 5.97 Å². The predicted molar refractivity (Wildman–Crippen MR) is 82.8 cm³/mol. The predicted octanol–water partition coefficient (Wildman–Crippen LogP) is 3.12. The van der Waals surface area contributed by atoms with Crippen molar-refractivity contribution in [1.29, 1.82) is 0 Å². The first-order valence-electron chi connectivity index (χ1n) is 6.66. The molecule has 4 heteroatoms. The molecule has 2 aromatic carbocycles. The number of aromatic carboxylic acids is 1. The maximum atomic E-state index is 11.1. The summed E-state index contributed by atoms with van der Waals surface area (Å²) in [4.78, 5) is 13.2. The molecule has 0 spiro atoms. The van der Waals surface area contributed by atoms with Crippen molar-refractivity contribution in [2.24, 2.45) is 0 Å². The maximum Gasteiger partial charge on any atom is 0.335 e. The fraction of sp³-hybridized carbons (Fsp3) is 0.235. The first-order valence-corrected chi connectivity index (χ1v) is 6.66. The minimum atomic E-state index is -0.941. The minimum Gasteiger partial charge on any atom is -0.496 e. The molecule has 110 valence electrons. The molecule has 2 rings (SSSR count). The van der Waals surface area contributed by atoms with E-state index in [9.17, 15) is 4.79 Å². The molecule has 0 saturated heterocycles. The van der Waals surface area contributed by atoms with Crippen LogP contribution in [0.25, 0.3) is 11.1 Å². The largest absolute Gasteiger partial charge is 0.496 e. The van der Waals surface area contributed by atoms with Crippen LogP contribution in [0.5, 0.6) is 5.75 Å². The van der Waals surface area contributed by atoms with Crippen molar-refractivity contribution in [2.75, 3.05) is 21.2 Å². The number of hydrogen-bond donors (Lipinski definition) is 1. The Morgan fingerprint density at radius 1 is 1.19 bits per heavy atom. The highest BCUT2D eigenvalue weighted by Crippen LogP contribution is 2.31. The summed E-state index contributed by atoms with van der Waals surface area (Å²) in [5, 5.41) is 9.15. The molecule has 0 aliphatic carbocycles. The lowest BCUT2D eigenvalue weighted by Gasteiger charge is -2.13. The smallest absolute Gasteiger partial charge is 0.335 e. The molecular formula is C17H19NO3. The first-order chi connectivity index (χ1) is 10.0. The summed E-state index contributed by atoms with van der Waals surface area (Å²) in [6.07, 6.45) is 0. The average molecular weight is 285 g/mol. The van der Waals surface area contributed by atoms with Crippen LogP contribution < -0.4 is 4.74 Å². The van der Waals surface area contributed by atoms with E-state index in [2.05, 4.69) is 17.0 Å². The van der Waals surface area contributed by atoms with Gasteiger partial charge in [0.15, 0.2) is 0 Å². The number of hydrogen-bond acceptors (Lipinski definition) is 3. The molecule has 0 radical (unpaired) electrons. The summed E-state index contributed by atoms with van der Waals surface area (Å²) < 4.78 is 5.35. The van der Waals surface area contributed by atoms with Gasteiger partial charge in [0, 0.05) is 12.1 Å². The summed E-state index contributed by atoms with van der Waals surface area (Å²) in [7, 11) is 5.61. The normalized spacial score (nSPS) is 10.7. The average Bonchev–Trinajstić information content (AvgIpc) is 2.46. The highest BCUT2D eigenvalue weighted by Gasteiger charge is 2.11. The van der Waals surface area contributed by atoms with Gasteiger partial charge in [0.05, 0.1) is 12.7 Å². The minimum absolute atomic E-state index is 0.254. The van der Waals surface area contributed by atoms with Crippen molar-refractivity contribution < 1.29 is 14.6 Å². The van der Waals surface area contributed by atoms with E-state index in [1.807, 2.05) is 26.2 Å². The number of methoxy groups -OCH3 is 1. The Labute approximate surface area is 124 Å². The number of carbonyl (C=O) groups is 1. The van der Waals surface area contributed by atoms with Crippen molar-refractivity contribution in [1.82, 2.24) is 4.90 Å². The van der Waals surface area contributed by atoms with E-state index >= 15 is 0 Å². The van der Waals surface area contributed by atoms with E-state index < -0.39 is 5.97 Å². The lowest BCUT2D eigenvalue weighted by molar-refractivity contribution is 0.0697. The fourth-order valence-corrected chi connectivity index (χ4v) is 2.27. The number of benzene rings is 2. The Bertz CT molecular complexity index is 650. The first kappa shape index (κ1) is 15.1. The summed E-state index contributed by atoms with van der Waals surface area (Å²) in [6.45, 7) is 0.828. The summed E-state index contributed by atoms with van der Waals surface area (Å²) >= 11 is 0. The molecule has 0 aliphatic rings. The van der Waals surface area contributed by atoms with E-state index in [1.165, 1.54) is 5.56 Å². The topological polar surface area (TPSA) is 49.8 Å². The van der Waals surface area contributed by atoms with Crippen LogP contribution in [0.4, 0.5) is 0 Å². The third kappa shape index (κ3) is 3.61. The van der Waals surface area contributed by atoms with Crippen LogP contribution in [0.15, 0.2) is 42.5 Å². The molecular weight excluding hydrogens is 266 g/mol. The van der Waals surface area contributed by atoms with Gasteiger partial charge < -0.3 is 14.7 Å². The Morgan fingerprint density at radius 3 is 2.57 bits per heavy atom. The van der Waals surface area contributed by atoms with Crippen LogP contribution in [-0.4, -0.2) is 37.2 Å². The van der Waals surface area contributed by atoms with Gasteiger partial charge in [-0.15, -0.1) is 0 Å². The standard InChI is InChI=1S/C17H19NO3/c1-18(2)11-12-5-4-6-13(9-12)15-10-14(17(19)20)7-8-16(15)21-3/h4-10H,11H2,1-3H3,(H,19,20). The molecule has 0 atom stereocenters. The third-order valence-corrected chi connectivity index (χ3v) is 3.18. The molecule has 0 amide bonds. The zero-order chi connectivity index (χ0) is 15.4. The zero-order valence-electron chi connectivity index (χ0n) is 12.5. The molecule has 0 saturated carbocycles. The number of ether oxygens (including phenoxy) is 1. The molecule has 0 unspecified atom stereocenters. The van der Waals surface area contributed by atoms with Gasteiger partial charge in [-0.25, -0.2) is 4.79 Å². The van der Waals surface area contributed by atoms with Gasteiger partial charge in [0.2, 0.25) is 0 Å². The van der Waals surface area contributed by atoms with Crippen molar-refractivity contribution in [3.8, 4) is 16.9 Å². The van der Waals surface area contributed by atoms with Gasteiger partial charge in [0.1, 0.15) is 5.75 Å². The molecule has 4 nitrogen and oxygen atoms in total. The number of carboxylic acid groups (broad SMARTS) is 1. The summed E-state index contributed by atoms with van der Waals surface area (Å²) in [6, 6.07) is 12.9. The van der Waals surface area contributed by atoms with Gasteiger partial charge in [-0.1, -0.05) is 18.2 Å². The Hall–Kier alpha value is -2.33. The van der Waals surface area contributed by atoms with Crippen LogP contribution in [-0.2, 0) is 6.54 Å². The maximum absolute atomic E-state index is 11.1. The summed E-state index contributed by atoms with van der Waals surface area (Å²) in [5.41, 5.74) is 3.16. The van der Waals surface area contributed by atoms with E-state index in [0.717, 1.165) is 17.7 Å². The second-order valence-corrected chi connectivity index (χ2v) is 5.16. The number of nitrogens with zero attached hydrogens (tertiary/aromatic N) is 1. The van der Waals surface area contributed by atoms with Crippen LogP contribution in [0.2, 0.25) is 0 Å². The molecule has 21 heavy (non-hydrogen) atoms. The molecule has 0 bridgehead atoms. The van der Waals surface area contributed by atoms with Crippen molar-refractivity contribution in [2.45, 2.75) is 6.54 Å². The van der Waals surface area contributed by atoms with E-state index in [0.29, 0.717) is 5.75 Å². The second-order valence-electron chi connectivity index (χ2n) is 5.16. The van der Waals surface area contributed by atoms with Crippen molar-refractivity contribution in [3.05, 3.63) is 53.6 Å². The lowest BCUT2D eigenvalue weighted by atomic mass is 10.00. The molecule has 0 fully saturated rings. The molecule has 0 aromatic heterocycles. The van der Waals surface area contributed by atoms with Gasteiger partial charge in [-0.05, 0) is 49.5 Å². The van der Waals surface area contributed by atoms with Crippen LogP contribution in [0.3, 0.4) is 0 Å². The number of rotatable bonds is 5.